The Kier molecular flexibility index (Phi) is 3.11. The Morgan fingerprint density at radius 2 is 2.05 bits per heavy atom. The zero-order chi connectivity index (χ0) is 13.4. The van der Waals surface area contributed by atoms with Gasteiger partial charge in [0.2, 0.25) is 0 Å². The average Bonchev–Trinajstić information content (AvgIpc) is 3.14. The van der Waals surface area contributed by atoms with Gasteiger partial charge in [-0.2, -0.15) is 0 Å². The van der Waals surface area contributed by atoms with Gasteiger partial charge in [0, 0.05) is 30.5 Å². The fraction of sp³-hybridized carbons (Fsp3) is 0.333. The summed E-state index contributed by atoms with van der Waals surface area (Å²) in [5.41, 5.74) is 7.53. The minimum atomic E-state index is -0.806. The minimum Gasteiger partial charge on any atom is -0.349 e. The predicted molar refractivity (Wildman–Crippen MR) is 69.5 cm³/mol. The fourth-order valence-electron chi connectivity index (χ4n) is 2.35. The van der Waals surface area contributed by atoms with Crippen LogP contribution in [-0.4, -0.2) is 4.57 Å². The van der Waals surface area contributed by atoms with Crippen molar-refractivity contribution in [2.24, 2.45) is 11.7 Å². The maximum absolute atomic E-state index is 13.6. The van der Waals surface area contributed by atoms with E-state index in [1.54, 1.807) is 6.07 Å². The van der Waals surface area contributed by atoms with Crippen LogP contribution in [0.1, 0.15) is 30.0 Å². The summed E-state index contributed by atoms with van der Waals surface area (Å²) in [5, 5.41) is 0. The van der Waals surface area contributed by atoms with Gasteiger partial charge in [-0.05, 0) is 36.5 Å². The molecule has 1 aromatic carbocycles. The summed E-state index contributed by atoms with van der Waals surface area (Å²) in [5.74, 6) is -0.995. The lowest BCUT2D eigenvalue weighted by molar-refractivity contribution is 0.495. The average molecular weight is 262 g/mol. The van der Waals surface area contributed by atoms with Gasteiger partial charge in [-0.15, -0.1) is 0 Å². The Bertz CT molecular complexity index is 588. The maximum atomic E-state index is 13.6. The summed E-state index contributed by atoms with van der Waals surface area (Å²) in [4.78, 5) is 0. The van der Waals surface area contributed by atoms with Crippen molar-refractivity contribution in [2.75, 3.05) is 0 Å². The molecular weight excluding hydrogens is 246 g/mol. The smallest absolute Gasteiger partial charge is 0.163 e. The summed E-state index contributed by atoms with van der Waals surface area (Å²) in [6.07, 6.45) is 6.16. The SMILES string of the molecule is NC(c1ccn(Cc2cccc(F)c2F)c1)C1CC1. The molecule has 19 heavy (non-hydrogen) atoms. The second-order valence-electron chi connectivity index (χ2n) is 5.19. The molecular formula is C15H16F2N2. The Balaban J connectivity index is 1.78. The van der Waals surface area contributed by atoms with Crippen molar-refractivity contribution < 1.29 is 8.78 Å². The molecule has 0 spiro atoms. The van der Waals surface area contributed by atoms with Crippen LogP contribution in [-0.2, 0) is 6.54 Å². The number of halogens is 2. The number of hydrogen-bond acceptors (Lipinski definition) is 1. The maximum Gasteiger partial charge on any atom is 0.163 e. The van der Waals surface area contributed by atoms with Crippen LogP contribution in [0.2, 0.25) is 0 Å². The van der Waals surface area contributed by atoms with Gasteiger partial charge < -0.3 is 10.3 Å². The lowest BCUT2D eigenvalue weighted by Crippen LogP contribution is -2.11. The molecule has 1 aromatic heterocycles. The third kappa shape index (κ3) is 2.54. The van der Waals surface area contributed by atoms with Crippen molar-refractivity contribution in [3.63, 3.8) is 0 Å². The van der Waals surface area contributed by atoms with Gasteiger partial charge in [-0.1, -0.05) is 12.1 Å². The Morgan fingerprint density at radius 3 is 2.79 bits per heavy atom. The first-order chi connectivity index (χ1) is 9.15. The number of benzene rings is 1. The number of hydrogen-bond donors (Lipinski definition) is 1. The Labute approximate surface area is 110 Å². The summed E-state index contributed by atoms with van der Waals surface area (Å²) in [6.45, 7) is 0.320. The van der Waals surface area contributed by atoms with Crippen LogP contribution >= 0.6 is 0 Å². The van der Waals surface area contributed by atoms with E-state index in [-0.39, 0.29) is 6.04 Å². The molecule has 2 N–H and O–H groups in total. The van der Waals surface area contributed by atoms with Crippen LogP contribution in [0.15, 0.2) is 36.7 Å². The molecule has 0 aliphatic heterocycles. The van der Waals surface area contributed by atoms with E-state index in [1.807, 2.05) is 23.0 Å². The van der Waals surface area contributed by atoms with E-state index in [1.165, 1.54) is 18.9 Å². The highest BCUT2D eigenvalue weighted by Gasteiger charge is 2.29. The van der Waals surface area contributed by atoms with Crippen LogP contribution < -0.4 is 5.73 Å². The van der Waals surface area contributed by atoms with Crippen LogP contribution in [0.5, 0.6) is 0 Å². The van der Waals surface area contributed by atoms with Crippen molar-refractivity contribution in [2.45, 2.75) is 25.4 Å². The molecule has 2 aromatic rings. The largest absolute Gasteiger partial charge is 0.349 e. The Hall–Kier alpha value is -1.68. The first-order valence-corrected chi connectivity index (χ1v) is 6.49. The number of nitrogens with two attached hydrogens (primary N) is 1. The van der Waals surface area contributed by atoms with Crippen LogP contribution in [0, 0.1) is 17.6 Å². The van der Waals surface area contributed by atoms with E-state index in [0.717, 1.165) is 11.6 Å². The standard InChI is InChI=1S/C15H16F2N2/c16-13-3-1-2-11(14(13)17)8-19-7-6-12(9-19)15(18)10-4-5-10/h1-3,6-7,9-10,15H,4-5,8,18H2. The lowest BCUT2D eigenvalue weighted by atomic mass is 10.1. The van der Waals surface area contributed by atoms with Crippen molar-refractivity contribution in [3.8, 4) is 0 Å². The molecule has 0 saturated heterocycles. The lowest BCUT2D eigenvalue weighted by Gasteiger charge is -2.08. The third-order valence-corrected chi connectivity index (χ3v) is 3.67. The van der Waals surface area contributed by atoms with Crippen molar-refractivity contribution in [1.82, 2.24) is 4.57 Å². The molecule has 4 heteroatoms. The second kappa shape index (κ2) is 4.78. The van der Waals surface area contributed by atoms with Crippen molar-refractivity contribution in [1.29, 1.82) is 0 Å². The topological polar surface area (TPSA) is 30.9 Å². The van der Waals surface area contributed by atoms with Gasteiger partial charge in [0.15, 0.2) is 11.6 Å². The summed E-state index contributed by atoms with van der Waals surface area (Å²) in [6, 6.07) is 6.27. The number of aromatic nitrogens is 1. The molecule has 0 amide bonds. The molecule has 1 saturated carbocycles. The molecule has 100 valence electrons. The monoisotopic (exact) mass is 262 g/mol. The van der Waals surface area contributed by atoms with E-state index < -0.39 is 11.6 Å². The molecule has 1 aliphatic carbocycles. The van der Waals surface area contributed by atoms with E-state index in [0.29, 0.717) is 18.0 Å². The van der Waals surface area contributed by atoms with Crippen molar-refractivity contribution >= 4 is 0 Å². The normalized spacial score (nSPS) is 16.6. The van der Waals surface area contributed by atoms with E-state index in [4.69, 9.17) is 5.73 Å². The summed E-state index contributed by atoms with van der Waals surface area (Å²) < 4.78 is 28.5. The van der Waals surface area contributed by atoms with E-state index >= 15 is 0 Å². The van der Waals surface area contributed by atoms with Crippen LogP contribution in [0.4, 0.5) is 8.78 Å². The second-order valence-corrected chi connectivity index (χ2v) is 5.19. The highest BCUT2D eigenvalue weighted by molar-refractivity contribution is 5.22. The van der Waals surface area contributed by atoms with E-state index in [2.05, 4.69) is 0 Å². The molecule has 0 radical (unpaired) electrons. The molecule has 1 atom stereocenters. The number of rotatable bonds is 4. The quantitative estimate of drug-likeness (QED) is 0.901. The fourth-order valence-corrected chi connectivity index (χ4v) is 2.35. The van der Waals surface area contributed by atoms with Crippen LogP contribution in [0.25, 0.3) is 0 Å². The first-order valence-electron chi connectivity index (χ1n) is 6.49. The highest BCUT2D eigenvalue weighted by atomic mass is 19.2. The molecule has 0 bridgehead atoms. The van der Waals surface area contributed by atoms with Gasteiger partial charge in [0.05, 0.1) is 0 Å². The molecule has 1 unspecified atom stereocenters. The summed E-state index contributed by atoms with van der Waals surface area (Å²) >= 11 is 0. The zero-order valence-corrected chi connectivity index (χ0v) is 10.5. The first kappa shape index (κ1) is 12.4. The third-order valence-electron chi connectivity index (χ3n) is 3.67. The van der Waals surface area contributed by atoms with Gasteiger partial charge in [0.25, 0.3) is 0 Å². The zero-order valence-electron chi connectivity index (χ0n) is 10.5. The van der Waals surface area contributed by atoms with E-state index in [9.17, 15) is 8.78 Å². The molecule has 1 heterocycles. The predicted octanol–water partition coefficient (Wildman–Crippen LogP) is 3.22. The molecule has 1 fully saturated rings. The Morgan fingerprint density at radius 1 is 1.26 bits per heavy atom. The van der Waals surface area contributed by atoms with Gasteiger partial charge in [-0.25, -0.2) is 8.78 Å². The highest BCUT2D eigenvalue weighted by Crippen LogP contribution is 2.39. The van der Waals surface area contributed by atoms with Gasteiger partial charge >= 0.3 is 0 Å². The minimum absolute atomic E-state index is 0.0682. The van der Waals surface area contributed by atoms with Crippen LogP contribution in [0.3, 0.4) is 0 Å². The molecule has 2 nitrogen and oxygen atoms in total. The van der Waals surface area contributed by atoms with Gasteiger partial charge in [-0.3, -0.25) is 0 Å². The summed E-state index contributed by atoms with van der Waals surface area (Å²) in [7, 11) is 0. The molecule has 1 aliphatic rings. The molecule has 3 rings (SSSR count). The van der Waals surface area contributed by atoms with Crippen molar-refractivity contribution in [3.05, 3.63) is 59.4 Å². The van der Waals surface area contributed by atoms with Gasteiger partial charge in [0.1, 0.15) is 0 Å². The number of nitrogens with zero attached hydrogens (tertiary/aromatic N) is 1.